The van der Waals surface area contributed by atoms with Crippen LogP contribution in [-0.2, 0) is 0 Å². The van der Waals surface area contributed by atoms with Gasteiger partial charge in [0.25, 0.3) is 0 Å². The van der Waals surface area contributed by atoms with Gasteiger partial charge in [-0.05, 0) is 144 Å². The first-order chi connectivity index (χ1) is 27.8. The van der Waals surface area contributed by atoms with Crippen molar-refractivity contribution >= 4 is 86.2 Å². The van der Waals surface area contributed by atoms with E-state index in [0.717, 1.165) is 0 Å². The van der Waals surface area contributed by atoms with Crippen molar-refractivity contribution < 1.29 is 0 Å². The van der Waals surface area contributed by atoms with Gasteiger partial charge in [0.15, 0.2) is 0 Å². The van der Waals surface area contributed by atoms with E-state index in [9.17, 15) is 0 Å². The van der Waals surface area contributed by atoms with E-state index in [4.69, 9.17) is 0 Å². The number of hydrogen-bond acceptors (Lipinski definition) is 0. The minimum absolute atomic E-state index is 1.21. The van der Waals surface area contributed by atoms with Crippen molar-refractivity contribution in [3.05, 3.63) is 206 Å². The molecule has 0 saturated carbocycles. The summed E-state index contributed by atoms with van der Waals surface area (Å²) < 4.78 is 0. The summed E-state index contributed by atoms with van der Waals surface area (Å²) in [7, 11) is 0. The Bertz CT molecular complexity index is 3570. The lowest BCUT2D eigenvalue weighted by atomic mass is 9.87. The van der Waals surface area contributed by atoms with Gasteiger partial charge in [0, 0.05) is 0 Å². The summed E-state index contributed by atoms with van der Waals surface area (Å²) >= 11 is 0. The molecule has 0 heterocycles. The van der Waals surface area contributed by atoms with Crippen molar-refractivity contribution in [2.24, 2.45) is 0 Å². The van der Waals surface area contributed by atoms with Gasteiger partial charge in [-0.25, -0.2) is 0 Å². The number of hydrogen-bond donors (Lipinski definition) is 0. The van der Waals surface area contributed by atoms with Crippen molar-refractivity contribution in [1.29, 1.82) is 0 Å². The molecule has 0 aromatic heterocycles. The molecule has 12 rings (SSSR count). The Labute approximate surface area is 324 Å². The topological polar surface area (TPSA) is 0 Å². The van der Waals surface area contributed by atoms with Crippen molar-refractivity contribution in [1.82, 2.24) is 0 Å². The van der Waals surface area contributed by atoms with E-state index in [2.05, 4.69) is 206 Å². The Kier molecular flexibility index (Phi) is 6.73. The van der Waals surface area contributed by atoms with Crippen LogP contribution < -0.4 is 0 Å². The van der Waals surface area contributed by atoms with E-state index in [1.807, 2.05) is 0 Å². The van der Waals surface area contributed by atoms with Gasteiger partial charge in [0.05, 0.1) is 0 Å². The molecule has 0 amide bonds. The van der Waals surface area contributed by atoms with Gasteiger partial charge in [-0.1, -0.05) is 182 Å². The molecule has 0 nitrogen and oxygen atoms in total. The van der Waals surface area contributed by atoms with Crippen molar-refractivity contribution in [3.8, 4) is 33.4 Å². The van der Waals surface area contributed by atoms with Crippen LogP contribution in [0.3, 0.4) is 0 Å². The Balaban J connectivity index is 0.976. The lowest BCUT2D eigenvalue weighted by Gasteiger charge is -2.16. The van der Waals surface area contributed by atoms with Gasteiger partial charge in [0.2, 0.25) is 0 Å². The highest BCUT2D eigenvalue weighted by atomic mass is 14.2. The third-order valence-electron chi connectivity index (χ3n) is 12.2. The molecule has 0 bridgehead atoms. The molecule has 12 aromatic carbocycles. The SMILES string of the molecule is c1ccc2c(c1)ccc1cc(-c3ccc4ccc(-c5ccc(-c6cc7c8ccccc8c8ccccc8c7c7ccccc67)cc5)cc4c3)c3ccccc3c12. The molecule has 0 aliphatic rings. The van der Waals surface area contributed by atoms with Gasteiger partial charge in [0.1, 0.15) is 0 Å². The fraction of sp³-hybridized carbons (Fsp3) is 0. The van der Waals surface area contributed by atoms with Gasteiger partial charge in [-0.2, -0.15) is 0 Å². The fourth-order valence-electron chi connectivity index (χ4n) is 9.56. The summed E-state index contributed by atoms with van der Waals surface area (Å²) in [6, 6.07) is 76.6. The molecule has 0 unspecified atom stereocenters. The Morgan fingerprint density at radius 2 is 0.607 bits per heavy atom. The van der Waals surface area contributed by atoms with Gasteiger partial charge < -0.3 is 0 Å². The first-order valence-electron chi connectivity index (χ1n) is 19.5. The predicted molar refractivity (Wildman–Crippen MR) is 243 cm³/mol. The van der Waals surface area contributed by atoms with E-state index < -0.39 is 0 Å². The van der Waals surface area contributed by atoms with E-state index in [1.54, 1.807) is 0 Å². The molecule has 0 aliphatic heterocycles. The van der Waals surface area contributed by atoms with Crippen LogP contribution in [-0.4, -0.2) is 0 Å². The van der Waals surface area contributed by atoms with Crippen LogP contribution in [0.15, 0.2) is 206 Å². The summed E-state index contributed by atoms with van der Waals surface area (Å²) in [5.41, 5.74) is 7.42. The normalized spacial score (nSPS) is 11.9. The molecule has 0 spiro atoms. The number of rotatable bonds is 3. The highest BCUT2D eigenvalue weighted by Crippen LogP contribution is 2.44. The van der Waals surface area contributed by atoms with Crippen molar-refractivity contribution in [3.63, 3.8) is 0 Å². The van der Waals surface area contributed by atoms with Gasteiger partial charge >= 0.3 is 0 Å². The summed E-state index contributed by atoms with van der Waals surface area (Å²) in [5.74, 6) is 0. The fourth-order valence-corrected chi connectivity index (χ4v) is 9.56. The summed E-state index contributed by atoms with van der Waals surface area (Å²) in [6.45, 7) is 0. The minimum Gasteiger partial charge on any atom is -0.0616 e. The van der Waals surface area contributed by atoms with Crippen LogP contribution >= 0.6 is 0 Å². The third kappa shape index (κ3) is 4.66. The predicted octanol–water partition coefficient (Wildman–Crippen LogP) is 15.9. The van der Waals surface area contributed by atoms with Gasteiger partial charge in [-0.3, -0.25) is 0 Å². The summed E-state index contributed by atoms with van der Waals surface area (Å²) in [5, 5.41) is 20.7. The average molecular weight is 707 g/mol. The first-order valence-corrected chi connectivity index (χ1v) is 19.5. The Hall–Kier alpha value is -7.28. The highest BCUT2D eigenvalue weighted by molar-refractivity contribution is 6.33. The second-order valence-electron chi connectivity index (χ2n) is 15.2. The smallest absolute Gasteiger partial charge is 0.00199 e. The lowest BCUT2D eigenvalue weighted by Crippen LogP contribution is -1.89. The van der Waals surface area contributed by atoms with Crippen LogP contribution in [0.2, 0.25) is 0 Å². The number of benzene rings is 12. The Morgan fingerprint density at radius 3 is 1.30 bits per heavy atom. The molecule has 12 aromatic rings. The molecular weight excluding hydrogens is 673 g/mol. The minimum atomic E-state index is 1.21. The van der Waals surface area contributed by atoms with E-state index >= 15 is 0 Å². The summed E-state index contributed by atoms with van der Waals surface area (Å²) in [6.07, 6.45) is 0. The van der Waals surface area contributed by atoms with Crippen molar-refractivity contribution in [2.75, 3.05) is 0 Å². The monoisotopic (exact) mass is 706 g/mol. The molecule has 0 atom stereocenters. The van der Waals surface area contributed by atoms with Crippen LogP contribution in [0.5, 0.6) is 0 Å². The number of fused-ring (bicyclic) bond motifs is 14. The van der Waals surface area contributed by atoms with Gasteiger partial charge in [-0.15, -0.1) is 0 Å². The maximum Gasteiger partial charge on any atom is -0.00199 e. The molecule has 0 radical (unpaired) electrons. The zero-order chi connectivity index (χ0) is 36.7. The zero-order valence-electron chi connectivity index (χ0n) is 30.6. The molecule has 0 aliphatic carbocycles. The largest absolute Gasteiger partial charge is 0.0616 e. The molecule has 0 fully saturated rings. The van der Waals surface area contributed by atoms with E-state index in [1.165, 1.54) is 120 Å². The second-order valence-corrected chi connectivity index (χ2v) is 15.2. The molecule has 0 N–H and O–H groups in total. The Morgan fingerprint density at radius 1 is 0.179 bits per heavy atom. The highest BCUT2D eigenvalue weighted by Gasteiger charge is 2.16. The average Bonchev–Trinajstić information content (AvgIpc) is 3.28. The standard InChI is InChI=1S/C56H34/c1-2-12-43-37(11-1)27-30-41-33-52(47-16-6-8-18-49(47)55(41)43)40-29-24-36-23-28-39(31-42(36)32-40)35-21-25-38(26-22-35)53-34-54-46-15-4-3-13-44(46)45-14-5-9-19-50(45)56(54)51-20-10-7-17-48(51)53/h1-34H. The van der Waals surface area contributed by atoms with Crippen LogP contribution in [0.25, 0.3) is 120 Å². The lowest BCUT2D eigenvalue weighted by molar-refractivity contribution is 1.63. The molecular formula is C56H34. The van der Waals surface area contributed by atoms with Crippen LogP contribution in [0, 0.1) is 0 Å². The third-order valence-corrected chi connectivity index (χ3v) is 12.2. The molecule has 56 heavy (non-hydrogen) atoms. The van der Waals surface area contributed by atoms with E-state index in [0.29, 0.717) is 0 Å². The maximum atomic E-state index is 2.43. The molecule has 258 valence electrons. The zero-order valence-corrected chi connectivity index (χ0v) is 30.6. The molecule has 0 saturated heterocycles. The second kappa shape index (κ2) is 12.1. The first kappa shape index (κ1) is 31.1. The molecule has 0 heteroatoms. The maximum absolute atomic E-state index is 2.43. The van der Waals surface area contributed by atoms with Crippen LogP contribution in [0.4, 0.5) is 0 Å². The quantitative estimate of drug-likeness (QED) is 0.160. The summed E-state index contributed by atoms with van der Waals surface area (Å²) in [4.78, 5) is 0. The van der Waals surface area contributed by atoms with E-state index in [-0.39, 0.29) is 0 Å². The van der Waals surface area contributed by atoms with Crippen molar-refractivity contribution in [2.45, 2.75) is 0 Å². The van der Waals surface area contributed by atoms with Crippen LogP contribution in [0.1, 0.15) is 0 Å².